The van der Waals surface area contributed by atoms with Crippen molar-refractivity contribution < 1.29 is 0 Å². The van der Waals surface area contributed by atoms with Crippen molar-refractivity contribution in [1.29, 1.82) is 0 Å². The molecule has 3 nitrogen and oxygen atoms in total. The first-order valence-electron chi connectivity index (χ1n) is 7.53. The maximum absolute atomic E-state index is 3.71. The molecule has 0 heterocycles. The molecule has 1 aromatic rings. The van der Waals surface area contributed by atoms with Gasteiger partial charge >= 0.3 is 0 Å². The summed E-state index contributed by atoms with van der Waals surface area (Å²) in [7, 11) is 6.40. The van der Waals surface area contributed by atoms with E-state index in [9.17, 15) is 0 Å². The fraction of sp³-hybridized carbons (Fsp3) is 0.647. The quantitative estimate of drug-likeness (QED) is 0.809. The minimum Gasteiger partial charge on any atom is -0.308 e. The molecular weight excluding hydrogens is 326 g/mol. The van der Waals surface area contributed by atoms with Gasteiger partial charge in [0.2, 0.25) is 0 Å². The van der Waals surface area contributed by atoms with Gasteiger partial charge in [-0.25, -0.2) is 0 Å². The molecule has 0 aliphatic rings. The normalized spacial score (nSPS) is 12.4. The average Bonchev–Trinajstić information content (AvgIpc) is 2.36. The first-order chi connectivity index (χ1) is 9.67. The third kappa shape index (κ3) is 7.96. The average molecular weight is 356 g/mol. The van der Waals surface area contributed by atoms with E-state index in [4.69, 9.17) is 0 Å². The van der Waals surface area contributed by atoms with Gasteiger partial charge in [0.05, 0.1) is 0 Å². The molecule has 0 spiro atoms. The van der Waals surface area contributed by atoms with Gasteiger partial charge in [-0.3, -0.25) is 0 Å². The maximum Gasteiger partial charge on any atom is 0.0242 e. The van der Waals surface area contributed by atoms with Gasteiger partial charge in [-0.2, -0.15) is 0 Å². The number of nitrogens with zero attached hydrogens (tertiary/aromatic N) is 2. The molecule has 0 aliphatic heterocycles. The summed E-state index contributed by atoms with van der Waals surface area (Å²) in [6.45, 7) is 10.6. The molecule has 0 amide bonds. The Kier molecular flexibility index (Phi) is 7.34. The summed E-state index contributed by atoms with van der Waals surface area (Å²) in [6.07, 6.45) is 0. The summed E-state index contributed by atoms with van der Waals surface area (Å²) < 4.78 is 1.20. The lowest BCUT2D eigenvalue weighted by atomic mass is 10.1. The Morgan fingerprint density at radius 3 is 2.29 bits per heavy atom. The third-order valence-corrected chi connectivity index (χ3v) is 4.05. The number of hydrogen-bond acceptors (Lipinski definition) is 3. The molecule has 0 atom stereocenters. The van der Waals surface area contributed by atoms with Crippen molar-refractivity contribution in [1.82, 2.24) is 15.1 Å². The van der Waals surface area contributed by atoms with Crippen molar-refractivity contribution in [2.75, 3.05) is 34.2 Å². The fourth-order valence-electron chi connectivity index (χ4n) is 1.94. The highest BCUT2D eigenvalue weighted by Gasteiger charge is 2.10. The Morgan fingerprint density at radius 1 is 1.10 bits per heavy atom. The lowest BCUT2D eigenvalue weighted by Gasteiger charge is -2.22. The number of likely N-dealkylation sites (N-methyl/N-ethyl adjacent to an activating group) is 2. The molecule has 120 valence electrons. The zero-order chi connectivity index (χ0) is 16.0. The number of halogens is 1. The van der Waals surface area contributed by atoms with Gasteiger partial charge < -0.3 is 15.1 Å². The van der Waals surface area contributed by atoms with Crippen molar-refractivity contribution in [3.8, 4) is 0 Å². The van der Waals surface area contributed by atoms with Crippen LogP contribution in [0.15, 0.2) is 22.7 Å². The Morgan fingerprint density at radius 2 is 1.76 bits per heavy atom. The molecule has 1 aromatic carbocycles. The highest BCUT2D eigenvalue weighted by molar-refractivity contribution is 9.10. The van der Waals surface area contributed by atoms with Crippen LogP contribution in [-0.2, 0) is 13.1 Å². The van der Waals surface area contributed by atoms with Gasteiger partial charge in [0.25, 0.3) is 0 Å². The molecule has 0 fully saturated rings. The molecule has 1 N–H and O–H groups in total. The number of hydrogen-bond donors (Lipinski definition) is 1. The Balaban J connectivity index is 2.57. The lowest BCUT2D eigenvalue weighted by molar-refractivity contribution is 0.276. The zero-order valence-electron chi connectivity index (χ0n) is 14.3. The molecule has 21 heavy (non-hydrogen) atoms. The zero-order valence-corrected chi connectivity index (χ0v) is 15.9. The summed E-state index contributed by atoms with van der Waals surface area (Å²) in [5.74, 6) is 0. The van der Waals surface area contributed by atoms with Gasteiger partial charge in [0.1, 0.15) is 0 Å². The second-order valence-corrected chi connectivity index (χ2v) is 7.92. The van der Waals surface area contributed by atoms with E-state index in [0.29, 0.717) is 0 Å². The van der Waals surface area contributed by atoms with Crippen molar-refractivity contribution in [3.63, 3.8) is 0 Å². The minimum absolute atomic E-state index is 0.150. The summed E-state index contributed by atoms with van der Waals surface area (Å²) in [5.41, 5.74) is 2.81. The van der Waals surface area contributed by atoms with Crippen LogP contribution in [0.2, 0.25) is 0 Å². The van der Waals surface area contributed by atoms with E-state index >= 15 is 0 Å². The first-order valence-corrected chi connectivity index (χ1v) is 8.32. The van der Waals surface area contributed by atoms with Crippen LogP contribution in [0.1, 0.15) is 31.9 Å². The summed E-state index contributed by atoms with van der Waals surface area (Å²) in [6, 6.07) is 6.68. The van der Waals surface area contributed by atoms with Crippen molar-refractivity contribution in [2.45, 2.75) is 39.4 Å². The third-order valence-electron chi connectivity index (χ3n) is 3.31. The molecule has 0 saturated heterocycles. The van der Waals surface area contributed by atoms with Crippen LogP contribution >= 0.6 is 15.9 Å². The molecule has 1 rings (SSSR count). The summed E-state index contributed by atoms with van der Waals surface area (Å²) in [5, 5.41) is 3.52. The van der Waals surface area contributed by atoms with E-state index in [2.05, 4.69) is 91.2 Å². The van der Waals surface area contributed by atoms with E-state index in [1.165, 1.54) is 15.6 Å². The smallest absolute Gasteiger partial charge is 0.0242 e. The van der Waals surface area contributed by atoms with Crippen LogP contribution in [-0.4, -0.2) is 49.6 Å². The molecule has 0 aromatic heterocycles. The molecule has 0 radical (unpaired) electrons. The maximum atomic E-state index is 3.71. The Labute approximate surface area is 138 Å². The second-order valence-electron chi connectivity index (χ2n) is 7.07. The molecule has 0 aliphatic carbocycles. The van der Waals surface area contributed by atoms with Crippen molar-refractivity contribution >= 4 is 15.9 Å². The summed E-state index contributed by atoms with van der Waals surface area (Å²) in [4.78, 5) is 4.57. The van der Waals surface area contributed by atoms with Crippen LogP contribution in [0.5, 0.6) is 0 Å². The summed E-state index contributed by atoms with van der Waals surface area (Å²) >= 11 is 3.71. The van der Waals surface area contributed by atoms with Crippen molar-refractivity contribution in [2.24, 2.45) is 0 Å². The molecule has 0 bridgehead atoms. The predicted octanol–water partition coefficient (Wildman–Crippen LogP) is 3.33. The van der Waals surface area contributed by atoms with Crippen LogP contribution in [0.4, 0.5) is 0 Å². The Bertz CT molecular complexity index is 438. The number of benzene rings is 1. The molecule has 4 heteroatoms. The van der Waals surface area contributed by atoms with Gasteiger partial charge in [-0.05, 0) is 59.1 Å². The fourth-order valence-corrected chi connectivity index (χ4v) is 2.49. The van der Waals surface area contributed by atoms with E-state index < -0.39 is 0 Å². The van der Waals surface area contributed by atoms with Gasteiger partial charge in [-0.1, -0.05) is 28.1 Å². The monoisotopic (exact) mass is 355 g/mol. The largest absolute Gasteiger partial charge is 0.308 e. The van der Waals surface area contributed by atoms with Gasteiger partial charge in [0, 0.05) is 36.2 Å². The predicted molar refractivity (Wildman–Crippen MR) is 95.6 cm³/mol. The topological polar surface area (TPSA) is 18.5 Å². The van der Waals surface area contributed by atoms with Crippen LogP contribution in [0.3, 0.4) is 0 Å². The molecule has 0 unspecified atom stereocenters. The SMILES string of the molecule is CN(C)CCN(C)Cc1ccc(CNC(C)(C)C)cc1Br. The standard InChI is InChI=1S/C17H30BrN3/c1-17(2,3)19-12-14-7-8-15(16(18)11-14)13-21(6)10-9-20(4)5/h7-8,11,19H,9-10,12-13H2,1-6H3. The minimum atomic E-state index is 0.150. The van der Waals surface area contributed by atoms with Crippen LogP contribution < -0.4 is 5.32 Å². The van der Waals surface area contributed by atoms with Gasteiger partial charge in [-0.15, -0.1) is 0 Å². The van der Waals surface area contributed by atoms with Crippen LogP contribution in [0.25, 0.3) is 0 Å². The van der Waals surface area contributed by atoms with E-state index in [-0.39, 0.29) is 5.54 Å². The first kappa shape index (κ1) is 18.6. The van der Waals surface area contributed by atoms with Crippen LogP contribution in [0, 0.1) is 0 Å². The molecular formula is C17H30BrN3. The highest BCUT2D eigenvalue weighted by Crippen LogP contribution is 2.20. The number of rotatable bonds is 7. The highest BCUT2D eigenvalue weighted by atomic mass is 79.9. The number of nitrogens with one attached hydrogen (secondary N) is 1. The molecule has 0 saturated carbocycles. The lowest BCUT2D eigenvalue weighted by Crippen LogP contribution is -2.35. The van der Waals surface area contributed by atoms with E-state index in [0.717, 1.165) is 26.2 Å². The van der Waals surface area contributed by atoms with Gasteiger partial charge in [0.15, 0.2) is 0 Å². The van der Waals surface area contributed by atoms with Crippen molar-refractivity contribution in [3.05, 3.63) is 33.8 Å². The second kappa shape index (κ2) is 8.28. The van der Waals surface area contributed by atoms with E-state index in [1.807, 2.05) is 0 Å². The Hall–Kier alpha value is -0.420. The van der Waals surface area contributed by atoms with E-state index in [1.54, 1.807) is 0 Å².